The average Bonchev–Trinajstić information content (AvgIpc) is 2.80. The van der Waals surface area contributed by atoms with Crippen LogP contribution >= 0.6 is 0 Å². The molecule has 1 nitrogen and oxygen atoms in total. The Morgan fingerprint density at radius 2 is 1.10 bits per heavy atom. The van der Waals surface area contributed by atoms with Crippen LogP contribution in [-0.4, -0.2) is 0 Å². The van der Waals surface area contributed by atoms with Crippen LogP contribution in [0, 0.1) is 46.3 Å². The zero-order chi connectivity index (χ0) is 21.2. The van der Waals surface area contributed by atoms with Crippen LogP contribution in [0.25, 0.3) is 0 Å². The SMILES string of the molecule is CCCCCC1CCC(C2CCC(C3CCC(C#N)(CCCCC)CC3)CC2)CC1. The molecule has 0 aliphatic heterocycles. The fourth-order valence-corrected chi connectivity index (χ4v) is 7.51. The highest BCUT2D eigenvalue weighted by atomic mass is 14.5. The van der Waals surface area contributed by atoms with Gasteiger partial charge in [-0.2, -0.15) is 5.26 Å². The fourth-order valence-electron chi connectivity index (χ4n) is 7.51. The molecule has 172 valence electrons. The van der Waals surface area contributed by atoms with E-state index in [0.717, 1.165) is 36.0 Å². The van der Waals surface area contributed by atoms with Gasteiger partial charge in [0.05, 0.1) is 11.5 Å². The number of hydrogen-bond donors (Lipinski definition) is 0. The highest BCUT2D eigenvalue weighted by molar-refractivity contribution is 5.02. The fraction of sp³-hybridized carbons (Fsp3) is 0.966. The van der Waals surface area contributed by atoms with Gasteiger partial charge >= 0.3 is 0 Å². The molecule has 0 aromatic rings. The smallest absolute Gasteiger partial charge is 0.0689 e. The van der Waals surface area contributed by atoms with E-state index in [-0.39, 0.29) is 5.41 Å². The Bertz CT molecular complexity index is 493. The van der Waals surface area contributed by atoms with Crippen LogP contribution in [0.2, 0.25) is 0 Å². The van der Waals surface area contributed by atoms with E-state index in [4.69, 9.17) is 0 Å². The highest BCUT2D eigenvalue weighted by Crippen LogP contribution is 2.49. The van der Waals surface area contributed by atoms with E-state index >= 15 is 0 Å². The summed E-state index contributed by atoms with van der Waals surface area (Å²) in [4.78, 5) is 0. The minimum absolute atomic E-state index is 0.0403. The van der Waals surface area contributed by atoms with Gasteiger partial charge in [-0.25, -0.2) is 0 Å². The molecule has 3 saturated carbocycles. The first-order valence-corrected chi connectivity index (χ1v) is 14.1. The molecule has 3 fully saturated rings. The van der Waals surface area contributed by atoms with Crippen LogP contribution in [0.5, 0.6) is 0 Å². The lowest BCUT2D eigenvalue weighted by atomic mass is 9.62. The second kappa shape index (κ2) is 12.5. The minimum atomic E-state index is 0.0403. The van der Waals surface area contributed by atoms with Crippen molar-refractivity contribution in [2.75, 3.05) is 0 Å². The second-order valence-electron chi connectivity index (χ2n) is 11.6. The van der Waals surface area contributed by atoms with E-state index in [0.29, 0.717) is 0 Å². The third kappa shape index (κ3) is 6.74. The summed E-state index contributed by atoms with van der Waals surface area (Å²) < 4.78 is 0. The second-order valence-corrected chi connectivity index (χ2v) is 11.6. The first-order valence-electron chi connectivity index (χ1n) is 14.1. The van der Waals surface area contributed by atoms with Gasteiger partial charge in [-0.3, -0.25) is 0 Å². The summed E-state index contributed by atoms with van der Waals surface area (Å²) in [5, 5.41) is 9.85. The number of unbranched alkanes of at least 4 members (excludes halogenated alkanes) is 4. The maximum Gasteiger partial charge on any atom is 0.0689 e. The molecular weight excluding hydrogens is 362 g/mol. The third-order valence-electron chi connectivity index (χ3n) is 9.74. The lowest BCUT2D eigenvalue weighted by Gasteiger charge is -2.43. The summed E-state index contributed by atoms with van der Waals surface area (Å²) in [5.41, 5.74) is 0.0403. The van der Waals surface area contributed by atoms with E-state index in [1.807, 2.05) is 0 Å². The summed E-state index contributed by atoms with van der Waals surface area (Å²) in [5.74, 6) is 5.09. The van der Waals surface area contributed by atoms with Crippen molar-refractivity contribution < 1.29 is 0 Å². The van der Waals surface area contributed by atoms with Crippen LogP contribution in [0.1, 0.15) is 142 Å². The number of rotatable bonds is 10. The first-order chi connectivity index (χ1) is 14.7. The molecule has 0 unspecified atom stereocenters. The zero-order valence-corrected chi connectivity index (χ0v) is 20.5. The summed E-state index contributed by atoms with van der Waals surface area (Å²) in [7, 11) is 0. The van der Waals surface area contributed by atoms with E-state index in [9.17, 15) is 5.26 Å². The van der Waals surface area contributed by atoms with Gasteiger partial charge in [0.1, 0.15) is 0 Å². The van der Waals surface area contributed by atoms with Crippen molar-refractivity contribution in [2.24, 2.45) is 35.0 Å². The van der Waals surface area contributed by atoms with Gasteiger partial charge in [0, 0.05) is 0 Å². The molecule has 3 aliphatic carbocycles. The molecule has 0 aromatic carbocycles. The van der Waals surface area contributed by atoms with Crippen LogP contribution in [0.15, 0.2) is 0 Å². The van der Waals surface area contributed by atoms with Crippen molar-refractivity contribution >= 4 is 0 Å². The van der Waals surface area contributed by atoms with Crippen molar-refractivity contribution in [3.63, 3.8) is 0 Å². The van der Waals surface area contributed by atoms with Crippen molar-refractivity contribution in [1.29, 1.82) is 5.26 Å². The molecule has 3 rings (SSSR count). The van der Waals surface area contributed by atoms with E-state index in [1.54, 1.807) is 0 Å². The Morgan fingerprint density at radius 1 is 0.633 bits per heavy atom. The Balaban J connectivity index is 1.35. The third-order valence-corrected chi connectivity index (χ3v) is 9.74. The summed E-state index contributed by atoms with van der Waals surface area (Å²) in [6, 6.07) is 2.77. The van der Waals surface area contributed by atoms with Gasteiger partial charge in [0.2, 0.25) is 0 Å². The number of hydrogen-bond acceptors (Lipinski definition) is 1. The molecule has 0 amide bonds. The normalized spacial score (nSPS) is 37.6. The predicted molar refractivity (Wildman–Crippen MR) is 129 cm³/mol. The van der Waals surface area contributed by atoms with Gasteiger partial charge in [-0.05, 0) is 100 Å². The predicted octanol–water partition coefficient (Wildman–Crippen LogP) is 9.46. The van der Waals surface area contributed by atoms with Crippen molar-refractivity contribution in [1.82, 2.24) is 0 Å². The lowest BCUT2D eigenvalue weighted by Crippen LogP contribution is -2.32. The molecule has 0 N–H and O–H groups in total. The summed E-state index contributed by atoms with van der Waals surface area (Å²) in [6.45, 7) is 4.60. The van der Waals surface area contributed by atoms with Crippen LogP contribution in [0.3, 0.4) is 0 Å². The molecule has 0 saturated heterocycles. The molecule has 3 aliphatic rings. The van der Waals surface area contributed by atoms with Crippen molar-refractivity contribution in [2.45, 2.75) is 142 Å². The molecule has 0 atom stereocenters. The molecule has 1 heteroatoms. The van der Waals surface area contributed by atoms with E-state index in [1.165, 1.54) is 122 Å². The van der Waals surface area contributed by atoms with E-state index in [2.05, 4.69) is 19.9 Å². The zero-order valence-electron chi connectivity index (χ0n) is 20.5. The first kappa shape index (κ1) is 24.1. The standard InChI is InChI=1S/C29H51N/c1-3-5-7-9-24-10-12-25(13-11-24)26-14-16-27(17-15-26)28-18-21-29(23-30,22-19-28)20-8-6-4-2/h24-28H,3-22H2,1-2H3. The Labute approximate surface area is 188 Å². The minimum Gasteiger partial charge on any atom is -0.198 e. The summed E-state index contributed by atoms with van der Waals surface area (Å²) >= 11 is 0. The Morgan fingerprint density at radius 3 is 1.60 bits per heavy atom. The van der Waals surface area contributed by atoms with Gasteiger partial charge in [0.15, 0.2) is 0 Å². The molecule has 0 radical (unpaired) electrons. The van der Waals surface area contributed by atoms with Gasteiger partial charge in [-0.1, -0.05) is 71.6 Å². The lowest BCUT2D eigenvalue weighted by molar-refractivity contribution is 0.0897. The maximum atomic E-state index is 9.85. The molecule has 0 aromatic heterocycles. The van der Waals surface area contributed by atoms with Gasteiger partial charge in [-0.15, -0.1) is 0 Å². The quantitative estimate of drug-likeness (QED) is 0.327. The monoisotopic (exact) mass is 413 g/mol. The van der Waals surface area contributed by atoms with Crippen LogP contribution in [0.4, 0.5) is 0 Å². The van der Waals surface area contributed by atoms with Crippen LogP contribution < -0.4 is 0 Å². The summed E-state index contributed by atoms with van der Waals surface area (Å²) in [6.07, 6.45) is 28.1. The molecule has 0 spiro atoms. The van der Waals surface area contributed by atoms with Gasteiger partial charge < -0.3 is 0 Å². The number of nitriles is 1. The molecule has 30 heavy (non-hydrogen) atoms. The highest BCUT2D eigenvalue weighted by Gasteiger charge is 2.39. The maximum absolute atomic E-state index is 9.85. The Kier molecular flexibility index (Phi) is 10.1. The number of nitrogens with zero attached hydrogens (tertiary/aromatic N) is 1. The molecular formula is C29H51N. The molecule has 0 heterocycles. The Hall–Kier alpha value is -0.510. The largest absolute Gasteiger partial charge is 0.198 e. The topological polar surface area (TPSA) is 23.8 Å². The van der Waals surface area contributed by atoms with E-state index < -0.39 is 0 Å². The van der Waals surface area contributed by atoms with Crippen molar-refractivity contribution in [3.8, 4) is 6.07 Å². The van der Waals surface area contributed by atoms with Crippen molar-refractivity contribution in [3.05, 3.63) is 0 Å². The average molecular weight is 414 g/mol. The molecule has 0 bridgehead atoms. The van der Waals surface area contributed by atoms with Gasteiger partial charge in [0.25, 0.3) is 0 Å². The van der Waals surface area contributed by atoms with Crippen LogP contribution in [-0.2, 0) is 0 Å².